The summed E-state index contributed by atoms with van der Waals surface area (Å²) in [4.78, 5) is 0. The number of aliphatic hydroxyl groups is 1. The first-order valence-corrected chi connectivity index (χ1v) is 8.61. The van der Waals surface area contributed by atoms with Crippen molar-refractivity contribution in [3.05, 3.63) is 33.8 Å². The maximum Gasteiger partial charge on any atom is 0.0929 e. The first-order valence-electron chi connectivity index (χ1n) is 7.85. The molecule has 118 valence electrons. The molecular weight excluding hydrogens is 305 g/mol. The molecule has 0 spiro atoms. The van der Waals surface area contributed by atoms with E-state index < -0.39 is 6.10 Å². The zero-order chi connectivity index (χ0) is 15.4. The standard InChI is InChI=1S/C17H25Cl2NO/c1-11(2)13-5-3-4-6-16(13)20-10-17(21)14-9-12(18)7-8-15(14)19/h7-9,11,13,16-17,20-21H,3-6,10H2,1-2H3. The van der Waals surface area contributed by atoms with Crippen molar-refractivity contribution in [3.8, 4) is 0 Å². The van der Waals surface area contributed by atoms with E-state index >= 15 is 0 Å². The van der Waals surface area contributed by atoms with Gasteiger partial charge >= 0.3 is 0 Å². The van der Waals surface area contributed by atoms with Gasteiger partial charge in [0, 0.05) is 28.2 Å². The molecule has 0 radical (unpaired) electrons. The minimum absolute atomic E-state index is 0.492. The third-order valence-electron chi connectivity index (χ3n) is 4.57. The van der Waals surface area contributed by atoms with Gasteiger partial charge in [-0.05, 0) is 42.9 Å². The zero-order valence-electron chi connectivity index (χ0n) is 12.8. The van der Waals surface area contributed by atoms with Crippen LogP contribution in [0.5, 0.6) is 0 Å². The van der Waals surface area contributed by atoms with Gasteiger partial charge in [0.2, 0.25) is 0 Å². The van der Waals surface area contributed by atoms with Crippen molar-refractivity contribution in [2.24, 2.45) is 11.8 Å². The third-order valence-corrected chi connectivity index (χ3v) is 5.15. The van der Waals surface area contributed by atoms with E-state index in [0.717, 1.165) is 0 Å². The quantitative estimate of drug-likeness (QED) is 0.810. The fraction of sp³-hybridized carbons (Fsp3) is 0.647. The molecule has 2 rings (SSSR count). The molecule has 0 aliphatic heterocycles. The van der Waals surface area contributed by atoms with Crippen molar-refractivity contribution in [2.45, 2.75) is 51.7 Å². The molecule has 4 heteroatoms. The van der Waals surface area contributed by atoms with Gasteiger partial charge in [-0.2, -0.15) is 0 Å². The van der Waals surface area contributed by atoms with Gasteiger partial charge in [0.05, 0.1) is 6.10 Å². The van der Waals surface area contributed by atoms with Crippen molar-refractivity contribution < 1.29 is 5.11 Å². The number of nitrogens with one attached hydrogen (secondary N) is 1. The van der Waals surface area contributed by atoms with Gasteiger partial charge in [-0.15, -0.1) is 0 Å². The highest BCUT2D eigenvalue weighted by Gasteiger charge is 2.27. The Morgan fingerprint density at radius 1 is 1.24 bits per heavy atom. The summed E-state index contributed by atoms with van der Waals surface area (Å²) < 4.78 is 0. The van der Waals surface area contributed by atoms with E-state index in [1.165, 1.54) is 25.7 Å². The van der Waals surface area contributed by atoms with E-state index in [1.54, 1.807) is 18.2 Å². The van der Waals surface area contributed by atoms with Crippen molar-refractivity contribution in [3.63, 3.8) is 0 Å². The highest BCUT2D eigenvalue weighted by atomic mass is 35.5. The normalized spacial score (nSPS) is 24.3. The first kappa shape index (κ1) is 17.1. The Morgan fingerprint density at radius 3 is 2.67 bits per heavy atom. The van der Waals surface area contributed by atoms with E-state index in [2.05, 4.69) is 19.2 Å². The second kappa shape index (κ2) is 7.82. The highest BCUT2D eigenvalue weighted by molar-refractivity contribution is 6.33. The molecule has 0 heterocycles. The molecule has 21 heavy (non-hydrogen) atoms. The molecule has 2 nitrogen and oxygen atoms in total. The average Bonchev–Trinajstić information content (AvgIpc) is 2.47. The highest BCUT2D eigenvalue weighted by Crippen LogP contribution is 2.31. The molecule has 3 atom stereocenters. The maximum absolute atomic E-state index is 10.4. The lowest BCUT2D eigenvalue weighted by Crippen LogP contribution is -2.42. The number of benzene rings is 1. The Morgan fingerprint density at radius 2 is 1.95 bits per heavy atom. The zero-order valence-corrected chi connectivity index (χ0v) is 14.3. The van der Waals surface area contributed by atoms with Gasteiger partial charge in [0.15, 0.2) is 0 Å². The Labute approximate surface area is 137 Å². The van der Waals surface area contributed by atoms with Gasteiger partial charge in [-0.25, -0.2) is 0 Å². The lowest BCUT2D eigenvalue weighted by molar-refractivity contribution is 0.144. The molecule has 1 saturated carbocycles. The van der Waals surface area contributed by atoms with E-state index in [-0.39, 0.29) is 0 Å². The SMILES string of the molecule is CC(C)C1CCCCC1NCC(O)c1cc(Cl)ccc1Cl. The lowest BCUT2D eigenvalue weighted by Gasteiger charge is -2.35. The van der Waals surface area contributed by atoms with Crippen LogP contribution < -0.4 is 5.32 Å². The van der Waals surface area contributed by atoms with Crippen molar-refractivity contribution in [1.82, 2.24) is 5.32 Å². The van der Waals surface area contributed by atoms with Gasteiger partial charge < -0.3 is 10.4 Å². The molecule has 1 aliphatic carbocycles. The van der Waals surface area contributed by atoms with Crippen molar-refractivity contribution in [2.75, 3.05) is 6.54 Å². The molecule has 3 unspecified atom stereocenters. The Hall–Kier alpha value is -0.280. The predicted octanol–water partition coefficient (Wildman–Crippen LogP) is 4.83. The van der Waals surface area contributed by atoms with Crippen LogP contribution in [0, 0.1) is 11.8 Å². The monoisotopic (exact) mass is 329 g/mol. The molecule has 1 aromatic rings. The molecule has 0 saturated heterocycles. The Kier molecular flexibility index (Phi) is 6.36. The van der Waals surface area contributed by atoms with E-state index in [1.807, 2.05) is 0 Å². The fourth-order valence-corrected chi connectivity index (χ4v) is 3.78. The van der Waals surface area contributed by atoms with Crippen LogP contribution in [-0.4, -0.2) is 17.7 Å². The topological polar surface area (TPSA) is 32.3 Å². The number of hydrogen-bond donors (Lipinski definition) is 2. The summed E-state index contributed by atoms with van der Waals surface area (Å²) in [6.45, 7) is 5.10. The van der Waals surface area contributed by atoms with Gasteiger partial charge in [0.1, 0.15) is 0 Å². The predicted molar refractivity (Wildman–Crippen MR) is 90.0 cm³/mol. The summed E-state index contributed by atoms with van der Waals surface area (Å²) in [7, 11) is 0. The summed E-state index contributed by atoms with van der Waals surface area (Å²) in [5, 5.41) is 15.1. The Balaban J connectivity index is 1.96. The third kappa shape index (κ3) is 4.59. The van der Waals surface area contributed by atoms with Crippen LogP contribution in [0.2, 0.25) is 10.0 Å². The average molecular weight is 330 g/mol. The van der Waals surface area contributed by atoms with Crippen LogP contribution in [0.4, 0.5) is 0 Å². The fourth-order valence-electron chi connectivity index (χ4n) is 3.35. The van der Waals surface area contributed by atoms with E-state index in [4.69, 9.17) is 23.2 Å². The number of rotatable bonds is 5. The summed E-state index contributed by atoms with van der Waals surface area (Å²) >= 11 is 12.1. The second-order valence-electron chi connectivity index (χ2n) is 6.39. The minimum atomic E-state index is -0.620. The van der Waals surface area contributed by atoms with Crippen LogP contribution in [0.3, 0.4) is 0 Å². The van der Waals surface area contributed by atoms with Gasteiger partial charge in [-0.3, -0.25) is 0 Å². The summed E-state index contributed by atoms with van der Waals surface area (Å²) in [5.74, 6) is 1.37. The largest absolute Gasteiger partial charge is 0.387 e. The first-order chi connectivity index (χ1) is 9.99. The number of aliphatic hydroxyl groups excluding tert-OH is 1. The molecule has 1 aromatic carbocycles. The van der Waals surface area contributed by atoms with Crippen molar-refractivity contribution in [1.29, 1.82) is 0 Å². The summed E-state index contributed by atoms with van der Waals surface area (Å²) in [5.41, 5.74) is 0.702. The molecule has 0 amide bonds. The molecule has 0 bridgehead atoms. The van der Waals surface area contributed by atoms with Gasteiger partial charge in [0.25, 0.3) is 0 Å². The van der Waals surface area contributed by atoms with Crippen LogP contribution in [0.1, 0.15) is 51.2 Å². The van der Waals surface area contributed by atoms with Crippen LogP contribution >= 0.6 is 23.2 Å². The minimum Gasteiger partial charge on any atom is -0.387 e. The number of halogens is 2. The lowest BCUT2D eigenvalue weighted by atomic mass is 9.78. The molecule has 1 aliphatic rings. The smallest absolute Gasteiger partial charge is 0.0929 e. The van der Waals surface area contributed by atoms with Crippen LogP contribution in [0.25, 0.3) is 0 Å². The summed E-state index contributed by atoms with van der Waals surface area (Å²) in [6, 6.07) is 5.71. The molecular formula is C17H25Cl2NO. The number of hydrogen-bond acceptors (Lipinski definition) is 2. The van der Waals surface area contributed by atoms with Crippen LogP contribution in [-0.2, 0) is 0 Å². The Bertz CT molecular complexity index is 464. The van der Waals surface area contributed by atoms with E-state index in [0.29, 0.717) is 40.0 Å². The molecule has 0 aromatic heterocycles. The van der Waals surface area contributed by atoms with Gasteiger partial charge in [-0.1, -0.05) is 49.9 Å². The van der Waals surface area contributed by atoms with E-state index in [9.17, 15) is 5.11 Å². The molecule has 1 fully saturated rings. The molecule has 2 N–H and O–H groups in total. The maximum atomic E-state index is 10.4. The van der Waals surface area contributed by atoms with Crippen LogP contribution in [0.15, 0.2) is 18.2 Å². The second-order valence-corrected chi connectivity index (χ2v) is 7.23. The van der Waals surface area contributed by atoms with Crippen molar-refractivity contribution >= 4 is 23.2 Å². The summed E-state index contributed by atoms with van der Waals surface area (Å²) in [6.07, 6.45) is 4.45.